The SMILES string of the molecule is COc1cc([C@H]2C3=CC[C@@H]4C(=O)N(c5cc([N+](=O)[O-])c(N(C)C)c([N+](=O)[O-])c5)C(=O)[C@@H]4[C@@H]3C[C@H]3C(=O)N(c4ccccc4)C(=O)[C@@]23C)ccc1O. The number of imide groups is 2. The van der Waals surface area contributed by atoms with E-state index in [0.717, 1.165) is 17.0 Å². The molecule has 7 rings (SSSR count). The van der Waals surface area contributed by atoms with E-state index in [4.69, 9.17) is 4.74 Å². The Kier molecular flexibility index (Phi) is 7.69. The van der Waals surface area contributed by atoms with E-state index >= 15 is 0 Å². The fourth-order valence-electron chi connectivity index (χ4n) is 8.80. The van der Waals surface area contributed by atoms with Crippen LogP contribution < -0.4 is 19.4 Å². The van der Waals surface area contributed by atoms with Crippen LogP contribution in [0, 0.1) is 49.3 Å². The molecule has 4 amide bonds. The third-order valence-electron chi connectivity index (χ3n) is 11.0. The number of nitro groups is 2. The zero-order valence-electron chi connectivity index (χ0n) is 28.0. The number of para-hydroxylation sites is 1. The molecule has 2 saturated heterocycles. The molecule has 15 nitrogen and oxygen atoms in total. The van der Waals surface area contributed by atoms with Crippen molar-refractivity contribution in [3.05, 3.63) is 98.1 Å². The van der Waals surface area contributed by atoms with Gasteiger partial charge in [-0.3, -0.25) is 39.4 Å². The van der Waals surface area contributed by atoms with Crippen LogP contribution in [0.5, 0.6) is 11.5 Å². The maximum atomic E-state index is 14.5. The van der Waals surface area contributed by atoms with E-state index in [1.54, 1.807) is 49.4 Å². The molecule has 3 aromatic carbocycles. The number of amides is 4. The lowest BCUT2D eigenvalue weighted by atomic mass is 9.51. The van der Waals surface area contributed by atoms with Crippen molar-refractivity contribution >= 4 is 52.1 Å². The summed E-state index contributed by atoms with van der Waals surface area (Å²) in [6, 6.07) is 15.2. The second-order valence-corrected chi connectivity index (χ2v) is 13.7. The summed E-state index contributed by atoms with van der Waals surface area (Å²) >= 11 is 0. The Morgan fingerprint density at radius 3 is 2.10 bits per heavy atom. The third kappa shape index (κ3) is 4.71. The van der Waals surface area contributed by atoms with E-state index in [-0.39, 0.29) is 35.7 Å². The Hall–Kier alpha value is -6.12. The number of allylic oxidation sites excluding steroid dienone is 2. The molecule has 2 aliphatic heterocycles. The molecule has 6 atom stereocenters. The van der Waals surface area contributed by atoms with Gasteiger partial charge in [-0.1, -0.05) is 35.9 Å². The molecule has 0 bridgehead atoms. The van der Waals surface area contributed by atoms with E-state index in [0.29, 0.717) is 16.8 Å². The van der Waals surface area contributed by atoms with Crippen LogP contribution >= 0.6 is 0 Å². The van der Waals surface area contributed by atoms with Crippen molar-refractivity contribution in [2.45, 2.75) is 25.7 Å². The number of fused-ring (bicyclic) bond motifs is 4. The molecule has 51 heavy (non-hydrogen) atoms. The highest BCUT2D eigenvalue weighted by atomic mass is 16.6. The highest BCUT2D eigenvalue weighted by Crippen LogP contribution is 2.64. The predicted octanol–water partition coefficient (Wildman–Crippen LogP) is 4.72. The van der Waals surface area contributed by atoms with Crippen LogP contribution in [0.1, 0.15) is 31.2 Å². The number of phenolic OH excluding ortho intramolecular Hbond substituents is 1. The summed E-state index contributed by atoms with van der Waals surface area (Å²) in [6.07, 6.45) is 1.96. The van der Waals surface area contributed by atoms with E-state index in [1.165, 1.54) is 37.1 Å². The van der Waals surface area contributed by atoms with Crippen molar-refractivity contribution < 1.29 is 38.9 Å². The molecule has 0 aromatic heterocycles. The first-order valence-electron chi connectivity index (χ1n) is 16.2. The molecular weight excluding hydrogens is 662 g/mol. The van der Waals surface area contributed by atoms with Crippen LogP contribution in [-0.2, 0) is 19.2 Å². The van der Waals surface area contributed by atoms with Crippen molar-refractivity contribution in [2.75, 3.05) is 35.9 Å². The number of benzene rings is 3. The number of nitrogens with zero attached hydrogens (tertiary/aromatic N) is 5. The van der Waals surface area contributed by atoms with Crippen LogP contribution in [-0.4, -0.2) is 59.8 Å². The summed E-state index contributed by atoms with van der Waals surface area (Å²) in [5, 5.41) is 34.6. The first kappa shape index (κ1) is 33.4. The number of hydrogen-bond donors (Lipinski definition) is 1. The monoisotopic (exact) mass is 695 g/mol. The van der Waals surface area contributed by atoms with Crippen LogP contribution in [0.15, 0.2) is 72.3 Å². The fourth-order valence-corrected chi connectivity index (χ4v) is 8.80. The lowest BCUT2D eigenvalue weighted by Gasteiger charge is -2.49. The molecule has 0 spiro atoms. The molecule has 2 heterocycles. The van der Waals surface area contributed by atoms with E-state index < -0.39 is 79.9 Å². The standard InChI is InChI=1S/C36H33N5O10/c1-36-24(33(44)39(35(36)46)19-8-6-5-7-9-19)17-23-21(30(36)18-10-13-27(42)28(14-18)51-4)11-12-22-29(23)34(45)38(32(22)43)20-15-25(40(47)48)31(37(2)3)26(16-20)41(49)50/h5-11,13-16,22-24,29-30,42H,12,17H2,1-4H3/t22-,23+,24-,29-,30-,36+/m0/s1. The molecule has 2 aliphatic carbocycles. The van der Waals surface area contributed by atoms with E-state index in [9.17, 15) is 44.5 Å². The van der Waals surface area contributed by atoms with Crippen LogP contribution in [0.25, 0.3) is 0 Å². The number of carbonyl (C=O) groups excluding carboxylic acids is 4. The van der Waals surface area contributed by atoms with Crippen molar-refractivity contribution in [1.29, 1.82) is 0 Å². The Morgan fingerprint density at radius 1 is 0.863 bits per heavy atom. The maximum Gasteiger partial charge on any atom is 0.301 e. The molecule has 262 valence electrons. The first-order valence-corrected chi connectivity index (χ1v) is 16.2. The number of methoxy groups -OCH3 is 1. The van der Waals surface area contributed by atoms with Gasteiger partial charge in [0, 0.05) is 32.1 Å². The smallest absolute Gasteiger partial charge is 0.301 e. The van der Waals surface area contributed by atoms with Gasteiger partial charge >= 0.3 is 11.4 Å². The van der Waals surface area contributed by atoms with Crippen LogP contribution in [0.2, 0.25) is 0 Å². The summed E-state index contributed by atoms with van der Waals surface area (Å²) in [5.41, 5.74) is -1.61. The molecule has 1 saturated carbocycles. The van der Waals surface area contributed by atoms with Crippen molar-refractivity contribution in [2.24, 2.45) is 29.1 Å². The molecule has 1 N–H and O–H groups in total. The highest BCUT2D eigenvalue weighted by molar-refractivity contribution is 6.25. The van der Waals surface area contributed by atoms with E-state index in [2.05, 4.69) is 0 Å². The number of phenols is 1. The quantitative estimate of drug-likeness (QED) is 0.156. The predicted molar refractivity (Wildman–Crippen MR) is 182 cm³/mol. The van der Waals surface area contributed by atoms with Gasteiger partial charge in [0.15, 0.2) is 17.2 Å². The second kappa shape index (κ2) is 11.7. The number of hydrogen-bond acceptors (Lipinski definition) is 11. The molecule has 0 unspecified atom stereocenters. The molecule has 3 aromatic rings. The van der Waals surface area contributed by atoms with Gasteiger partial charge in [-0.25, -0.2) is 9.80 Å². The molecule has 15 heteroatoms. The van der Waals surface area contributed by atoms with Crippen molar-refractivity contribution in [3.8, 4) is 11.5 Å². The van der Waals surface area contributed by atoms with E-state index in [1.807, 2.05) is 6.08 Å². The largest absolute Gasteiger partial charge is 0.504 e. The van der Waals surface area contributed by atoms with Gasteiger partial charge in [0.25, 0.3) is 0 Å². The van der Waals surface area contributed by atoms with Gasteiger partial charge in [0.05, 0.1) is 51.5 Å². The summed E-state index contributed by atoms with van der Waals surface area (Å²) in [5.74, 6) is -6.61. The average Bonchev–Trinajstić information content (AvgIpc) is 3.47. The van der Waals surface area contributed by atoms with Gasteiger partial charge in [0.1, 0.15) is 0 Å². The van der Waals surface area contributed by atoms with Gasteiger partial charge in [-0.2, -0.15) is 0 Å². The second-order valence-electron chi connectivity index (χ2n) is 13.7. The number of rotatable bonds is 7. The maximum absolute atomic E-state index is 14.5. The summed E-state index contributed by atoms with van der Waals surface area (Å²) in [4.78, 5) is 83.2. The number of anilines is 3. The fraction of sp³-hybridized carbons (Fsp3) is 0.333. The minimum Gasteiger partial charge on any atom is -0.504 e. The summed E-state index contributed by atoms with van der Waals surface area (Å²) in [7, 11) is 4.21. The lowest BCUT2D eigenvalue weighted by molar-refractivity contribution is -0.392. The van der Waals surface area contributed by atoms with Gasteiger partial charge in [-0.05, 0) is 55.5 Å². The zero-order chi connectivity index (χ0) is 36.7. The van der Waals surface area contributed by atoms with Gasteiger partial charge in [-0.15, -0.1) is 0 Å². The topological polar surface area (TPSA) is 194 Å². The lowest BCUT2D eigenvalue weighted by Crippen LogP contribution is -2.48. The number of carbonyl (C=O) groups is 4. The first-order chi connectivity index (χ1) is 24.2. The number of nitro benzene ring substituents is 2. The highest BCUT2D eigenvalue weighted by Gasteiger charge is 2.67. The minimum atomic E-state index is -1.33. The van der Waals surface area contributed by atoms with Crippen molar-refractivity contribution in [1.82, 2.24) is 0 Å². The summed E-state index contributed by atoms with van der Waals surface area (Å²) < 4.78 is 5.40. The zero-order valence-corrected chi connectivity index (χ0v) is 28.0. The normalized spacial score (nSPS) is 26.7. The number of aromatic hydroxyl groups is 1. The van der Waals surface area contributed by atoms with Gasteiger partial charge in [0.2, 0.25) is 23.6 Å². The average molecular weight is 696 g/mol. The summed E-state index contributed by atoms with van der Waals surface area (Å²) in [6.45, 7) is 1.73. The van der Waals surface area contributed by atoms with Crippen LogP contribution in [0.4, 0.5) is 28.4 Å². The molecular formula is C36H33N5O10. The molecule has 4 aliphatic rings. The third-order valence-corrected chi connectivity index (χ3v) is 11.0. The molecule has 3 fully saturated rings. The Balaban J connectivity index is 1.37. The number of ether oxygens (including phenoxy) is 1. The Morgan fingerprint density at radius 2 is 1.51 bits per heavy atom. The van der Waals surface area contributed by atoms with Gasteiger partial charge < -0.3 is 14.7 Å². The van der Waals surface area contributed by atoms with Crippen molar-refractivity contribution in [3.63, 3.8) is 0 Å². The Bertz CT molecular complexity index is 2060. The Labute approximate surface area is 291 Å². The minimum absolute atomic E-state index is 0.0514. The van der Waals surface area contributed by atoms with Crippen LogP contribution in [0.3, 0.4) is 0 Å². The molecule has 0 radical (unpaired) electrons.